The fourth-order valence-corrected chi connectivity index (χ4v) is 3.98. The number of benzene rings is 1. The summed E-state index contributed by atoms with van der Waals surface area (Å²) in [5, 5.41) is 3.72. The second-order valence-electron chi connectivity index (χ2n) is 6.88. The second kappa shape index (κ2) is 7.65. The van der Waals surface area contributed by atoms with Crippen LogP contribution in [0.1, 0.15) is 32.2 Å². The van der Waals surface area contributed by atoms with E-state index in [2.05, 4.69) is 24.4 Å². The second-order valence-corrected chi connectivity index (χ2v) is 9.88. The average molecular weight is 436 g/mol. The summed E-state index contributed by atoms with van der Waals surface area (Å²) in [5.41, 5.74) is 0.242. The molecule has 2 unspecified atom stereocenters. The van der Waals surface area contributed by atoms with Gasteiger partial charge >= 0.3 is 12.1 Å². The van der Waals surface area contributed by atoms with Crippen molar-refractivity contribution in [3.8, 4) is 11.4 Å². The summed E-state index contributed by atoms with van der Waals surface area (Å²) < 4.78 is 70.8. The van der Waals surface area contributed by atoms with Crippen molar-refractivity contribution in [2.75, 3.05) is 5.75 Å². The monoisotopic (exact) mass is 436 g/mol. The molecule has 2 atom stereocenters. The van der Waals surface area contributed by atoms with Crippen LogP contribution >= 0.6 is 11.8 Å². The van der Waals surface area contributed by atoms with Crippen molar-refractivity contribution in [2.24, 2.45) is 4.99 Å². The van der Waals surface area contributed by atoms with E-state index in [4.69, 9.17) is 0 Å². The molecular weight excluding hydrogens is 420 g/mol. The van der Waals surface area contributed by atoms with Crippen LogP contribution in [0.4, 0.5) is 17.6 Å². The number of halogens is 4. The molecule has 6 nitrogen and oxygen atoms in total. The highest BCUT2D eigenvalue weighted by atomic mass is 32.2. The van der Waals surface area contributed by atoms with Crippen LogP contribution in [-0.2, 0) is 17.5 Å². The highest BCUT2D eigenvalue weighted by Gasteiger charge is 2.39. The molecule has 2 aromatic rings. The summed E-state index contributed by atoms with van der Waals surface area (Å²) in [6.45, 7) is 5.50. The Morgan fingerprint density at radius 2 is 2.00 bits per heavy atom. The van der Waals surface area contributed by atoms with Crippen molar-refractivity contribution >= 4 is 28.2 Å². The van der Waals surface area contributed by atoms with E-state index in [0.29, 0.717) is 16.4 Å². The predicted octanol–water partition coefficient (Wildman–Crippen LogP) is 3.77. The number of thioether (sulfide) groups is 1. The highest BCUT2D eigenvalue weighted by molar-refractivity contribution is 8.14. The molecule has 12 heteroatoms. The topological polar surface area (TPSA) is 86.4 Å². The Bertz CT molecular complexity index is 895. The lowest BCUT2D eigenvalue weighted by molar-refractivity contribution is -0.159. The van der Waals surface area contributed by atoms with Crippen LogP contribution in [0, 0.1) is 5.82 Å². The Morgan fingerprint density at radius 3 is 2.57 bits per heavy atom. The summed E-state index contributed by atoms with van der Waals surface area (Å²) in [6.07, 6.45) is -5.18. The zero-order valence-electron chi connectivity index (χ0n) is 15.0. The van der Waals surface area contributed by atoms with Crippen LogP contribution < -0.4 is 4.72 Å². The minimum absolute atomic E-state index is 0.213. The molecule has 1 aromatic heterocycles. The third kappa shape index (κ3) is 4.67. The number of aromatic nitrogens is 2. The number of rotatable bonds is 4. The minimum atomic E-state index is -4.80. The normalized spacial score (nSPS) is 19.0. The van der Waals surface area contributed by atoms with Crippen LogP contribution in [0.3, 0.4) is 0 Å². The van der Waals surface area contributed by atoms with Crippen molar-refractivity contribution in [1.29, 1.82) is 0 Å². The molecule has 152 valence electrons. The van der Waals surface area contributed by atoms with Gasteiger partial charge < -0.3 is 9.08 Å². The van der Waals surface area contributed by atoms with E-state index in [1.54, 1.807) is 0 Å². The zero-order valence-corrected chi connectivity index (χ0v) is 16.6. The van der Waals surface area contributed by atoms with Crippen LogP contribution in [-0.4, -0.2) is 36.4 Å². The van der Waals surface area contributed by atoms with E-state index in [9.17, 15) is 22.1 Å². The summed E-state index contributed by atoms with van der Waals surface area (Å²) in [7, 11) is 0. The van der Waals surface area contributed by atoms with E-state index in [1.807, 2.05) is 20.8 Å². The van der Waals surface area contributed by atoms with Gasteiger partial charge in [-0.2, -0.15) is 18.2 Å². The highest BCUT2D eigenvalue weighted by Crippen LogP contribution is 2.31. The summed E-state index contributed by atoms with van der Waals surface area (Å²) in [5.74, 6) is -2.30. The number of alkyl halides is 3. The molecule has 0 aliphatic carbocycles. The molecule has 1 aliphatic heterocycles. The van der Waals surface area contributed by atoms with E-state index >= 15 is 0 Å². The molecule has 2 heterocycles. The SMILES string of the molecule is CC(C)(C)[S+]([O-])NC1CSC(c2ccc(-c3noc(C(F)(F)F)n3)c(F)c2)=N1. The van der Waals surface area contributed by atoms with Gasteiger partial charge in [0, 0.05) is 22.7 Å². The fourth-order valence-electron chi connectivity index (χ4n) is 2.17. The fraction of sp³-hybridized carbons (Fsp3) is 0.438. The van der Waals surface area contributed by atoms with Crippen molar-refractivity contribution < 1.29 is 26.6 Å². The lowest BCUT2D eigenvalue weighted by atomic mass is 10.1. The Kier molecular flexibility index (Phi) is 5.76. The van der Waals surface area contributed by atoms with Crippen molar-refractivity contribution in [3.63, 3.8) is 0 Å². The molecule has 0 fully saturated rings. The lowest BCUT2D eigenvalue weighted by Gasteiger charge is -2.24. The molecule has 0 radical (unpaired) electrons. The first kappa shape index (κ1) is 21.1. The van der Waals surface area contributed by atoms with E-state index < -0.39 is 39.8 Å². The molecule has 28 heavy (non-hydrogen) atoms. The number of hydrogen-bond donors (Lipinski definition) is 1. The predicted molar refractivity (Wildman–Crippen MR) is 98.5 cm³/mol. The van der Waals surface area contributed by atoms with Crippen molar-refractivity contribution in [1.82, 2.24) is 14.9 Å². The van der Waals surface area contributed by atoms with Gasteiger partial charge in [-0.15, -0.1) is 16.5 Å². The quantitative estimate of drug-likeness (QED) is 0.580. The van der Waals surface area contributed by atoms with Crippen molar-refractivity contribution in [2.45, 2.75) is 37.9 Å². The molecule has 1 N–H and O–H groups in total. The van der Waals surface area contributed by atoms with Gasteiger partial charge in [-0.05, 0) is 32.9 Å². The van der Waals surface area contributed by atoms with Gasteiger partial charge in [0.1, 0.15) is 15.6 Å². The van der Waals surface area contributed by atoms with Gasteiger partial charge in [0.2, 0.25) is 5.82 Å². The number of nitrogens with one attached hydrogen (secondary N) is 1. The summed E-state index contributed by atoms with van der Waals surface area (Å²) in [4.78, 5) is 7.59. The maximum Gasteiger partial charge on any atom is 0.471 e. The van der Waals surface area contributed by atoms with Gasteiger partial charge in [-0.25, -0.2) is 4.39 Å². The molecule has 0 saturated heterocycles. The molecule has 1 aromatic carbocycles. The molecular formula is C16H16F4N4O2S2. The number of hydrogen-bond acceptors (Lipinski definition) is 7. The van der Waals surface area contributed by atoms with Gasteiger partial charge in [-0.3, -0.25) is 4.99 Å². The average Bonchev–Trinajstić information content (AvgIpc) is 3.22. The zero-order chi connectivity index (χ0) is 20.7. The Hall–Kier alpha value is -1.63. The van der Waals surface area contributed by atoms with E-state index in [0.717, 1.165) is 6.07 Å². The largest absolute Gasteiger partial charge is 0.598 e. The molecule has 0 saturated carbocycles. The maximum atomic E-state index is 14.4. The van der Waals surface area contributed by atoms with E-state index in [1.165, 1.54) is 23.9 Å². The Balaban J connectivity index is 1.78. The van der Waals surface area contributed by atoms with Crippen molar-refractivity contribution in [3.05, 3.63) is 35.5 Å². The van der Waals surface area contributed by atoms with Crippen LogP contribution in [0.25, 0.3) is 11.4 Å². The van der Waals surface area contributed by atoms with Crippen LogP contribution in [0.15, 0.2) is 27.7 Å². The minimum Gasteiger partial charge on any atom is -0.598 e. The van der Waals surface area contributed by atoms with Crippen LogP contribution in [0.5, 0.6) is 0 Å². The van der Waals surface area contributed by atoms with Gasteiger partial charge in [-0.1, -0.05) is 11.2 Å². The van der Waals surface area contributed by atoms with Gasteiger partial charge in [0.25, 0.3) is 0 Å². The number of aliphatic imine (C=N–C) groups is 1. The standard InChI is InChI=1S/C16H16F4N4O2S2/c1-15(2,3)28(25)24-11-7-27-13(21-11)8-4-5-9(10(17)6-8)12-22-14(26-23-12)16(18,19)20/h4-6,11,24H,7H2,1-3H3. The van der Waals surface area contributed by atoms with Gasteiger partial charge in [0.15, 0.2) is 6.17 Å². The molecule has 0 bridgehead atoms. The molecule has 0 amide bonds. The maximum absolute atomic E-state index is 14.4. The third-order valence-corrected chi connectivity index (χ3v) is 6.27. The van der Waals surface area contributed by atoms with Gasteiger partial charge in [0.05, 0.1) is 5.56 Å². The van der Waals surface area contributed by atoms with Crippen LogP contribution in [0.2, 0.25) is 0 Å². The third-order valence-electron chi connectivity index (χ3n) is 3.58. The Labute approximate surface area is 165 Å². The van der Waals surface area contributed by atoms with E-state index in [-0.39, 0.29) is 11.7 Å². The first-order chi connectivity index (χ1) is 12.9. The molecule has 1 aliphatic rings. The number of nitrogens with zero attached hydrogens (tertiary/aromatic N) is 3. The molecule has 0 spiro atoms. The summed E-state index contributed by atoms with van der Waals surface area (Å²) >= 11 is 0.0620. The first-order valence-corrected chi connectivity index (χ1v) is 10.2. The Morgan fingerprint density at radius 1 is 1.29 bits per heavy atom. The summed E-state index contributed by atoms with van der Waals surface area (Å²) in [6, 6.07) is 3.93. The lowest BCUT2D eigenvalue weighted by Crippen LogP contribution is -2.44. The molecule has 3 rings (SSSR count). The first-order valence-electron chi connectivity index (χ1n) is 8.05. The smallest absolute Gasteiger partial charge is 0.471 e.